The lowest BCUT2D eigenvalue weighted by molar-refractivity contribution is -0.161. The summed E-state index contributed by atoms with van der Waals surface area (Å²) < 4.78 is 68.2. The van der Waals surface area contributed by atoms with Crippen LogP contribution in [0, 0.1) is 23.7 Å². The number of aliphatic hydroxyl groups is 1. The number of phosphoric ester groups is 2. The molecule has 3 N–H and O–H groups in total. The van der Waals surface area contributed by atoms with Crippen molar-refractivity contribution in [3.05, 3.63) is 0 Å². The van der Waals surface area contributed by atoms with Gasteiger partial charge in [0.2, 0.25) is 0 Å². The summed E-state index contributed by atoms with van der Waals surface area (Å²) in [7, 11) is -9.90. The lowest BCUT2D eigenvalue weighted by Gasteiger charge is -2.21. The van der Waals surface area contributed by atoms with Crippen molar-refractivity contribution in [2.24, 2.45) is 23.7 Å². The smallest absolute Gasteiger partial charge is 0.462 e. The van der Waals surface area contributed by atoms with Crippen molar-refractivity contribution >= 4 is 39.5 Å². The van der Waals surface area contributed by atoms with Crippen LogP contribution in [-0.2, 0) is 65.4 Å². The van der Waals surface area contributed by atoms with Crippen LogP contribution in [-0.4, -0.2) is 96.7 Å². The fourth-order valence-electron chi connectivity index (χ4n) is 10.1. The third kappa shape index (κ3) is 60.1. The Labute approximate surface area is 530 Å². The SMILES string of the molecule is CCC(C)CCCCCCCCCCC(=O)O[C@H](COC(=O)CCCCCCCCCCC(C)C)COP(=O)(O)OC[C@@H](O)COP(=O)(O)OC[C@@H](COC(=O)CCCCCCCCC(C)CC)OC(=O)CCCCCCCCCCCCCC(C)C. The van der Waals surface area contributed by atoms with Gasteiger partial charge < -0.3 is 33.8 Å². The molecular weight excluding hydrogens is 1150 g/mol. The zero-order valence-electron chi connectivity index (χ0n) is 56.6. The van der Waals surface area contributed by atoms with Gasteiger partial charge in [-0.3, -0.25) is 37.3 Å². The standard InChI is InChI=1S/C68H132O17P2/c1-9-60(7)46-38-30-22-17-19-25-35-43-51-68(73)85-63(54-78-65(70)48-40-32-23-18-16-21-29-37-45-59(5)6)56-82-86(74,75)80-52-62(69)53-81-87(76,77)83-57-64(55-79-66(71)49-41-33-27-26-31-39-47-61(8)10-2)84-67(72)50-42-34-24-15-13-11-12-14-20-28-36-44-58(3)4/h58-64,69H,9-57H2,1-8H3,(H,74,75)(H,76,77)/t60?,61?,62-,63-,64-/m1/s1. The van der Waals surface area contributed by atoms with E-state index in [1.54, 1.807) is 0 Å². The van der Waals surface area contributed by atoms with Crippen molar-refractivity contribution < 1.29 is 80.2 Å². The first-order valence-corrected chi connectivity index (χ1v) is 38.3. The van der Waals surface area contributed by atoms with E-state index in [9.17, 15) is 43.2 Å². The molecule has 7 atom stereocenters. The molecule has 0 amide bonds. The number of unbranched alkanes of at least 4 members (excludes halogenated alkanes) is 29. The Hall–Kier alpha value is -1.94. The molecule has 0 heterocycles. The van der Waals surface area contributed by atoms with Crippen LogP contribution >= 0.6 is 15.6 Å². The molecule has 0 aliphatic carbocycles. The van der Waals surface area contributed by atoms with Crippen LogP contribution < -0.4 is 0 Å². The third-order valence-electron chi connectivity index (χ3n) is 16.3. The van der Waals surface area contributed by atoms with E-state index in [-0.39, 0.29) is 25.7 Å². The summed E-state index contributed by atoms with van der Waals surface area (Å²) in [6.45, 7) is 14.1. The molecule has 0 saturated carbocycles. The van der Waals surface area contributed by atoms with Crippen LogP contribution in [0.3, 0.4) is 0 Å². The Kier molecular flexibility index (Phi) is 56.6. The van der Waals surface area contributed by atoms with Gasteiger partial charge in [0.1, 0.15) is 19.3 Å². The van der Waals surface area contributed by atoms with E-state index in [2.05, 4.69) is 55.4 Å². The number of aliphatic hydroxyl groups excluding tert-OH is 1. The van der Waals surface area contributed by atoms with E-state index >= 15 is 0 Å². The molecule has 0 aromatic carbocycles. The summed E-state index contributed by atoms with van der Waals surface area (Å²) in [6.07, 6.45) is 38.9. The first kappa shape index (κ1) is 85.1. The number of phosphoric acid groups is 2. The summed E-state index contributed by atoms with van der Waals surface area (Å²) in [4.78, 5) is 72.4. The highest BCUT2D eigenvalue weighted by molar-refractivity contribution is 7.47. The lowest BCUT2D eigenvalue weighted by Crippen LogP contribution is -2.30. The molecular formula is C68H132O17P2. The molecule has 0 aromatic heterocycles. The average Bonchev–Trinajstić information content (AvgIpc) is 3.52. The van der Waals surface area contributed by atoms with Crippen LogP contribution in [0.15, 0.2) is 0 Å². The van der Waals surface area contributed by atoms with E-state index < -0.39 is 97.5 Å². The van der Waals surface area contributed by atoms with Crippen LogP contribution in [0.5, 0.6) is 0 Å². The van der Waals surface area contributed by atoms with Gasteiger partial charge in [-0.1, -0.05) is 280 Å². The molecule has 17 nitrogen and oxygen atoms in total. The monoisotopic (exact) mass is 1280 g/mol. The van der Waals surface area contributed by atoms with Crippen LogP contribution in [0.2, 0.25) is 0 Å². The Morgan fingerprint density at radius 2 is 0.552 bits per heavy atom. The summed E-state index contributed by atoms with van der Waals surface area (Å²) >= 11 is 0. The van der Waals surface area contributed by atoms with E-state index in [0.717, 1.165) is 120 Å². The van der Waals surface area contributed by atoms with Gasteiger partial charge in [-0.05, 0) is 49.4 Å². The fraction of sp³-hybridized carbons (Fsp3) is 0.941. The Bertz CT molecular complexity index is 1730. The van der Waals surface area contributed by atoms with Crippen molar-refractivity contribution in [1.82, 2.24) is 0 Å². The Balaban J connectivity index is 5.27. The minimum atomic E-state index is -4.95. The van der Waals surface area contributed by atoms with Crippen LogP contribution in [0.4, 0.5) is 0 Å². The molecule has 0 aliphatic rings. The number of carbonyl (C=O) groups is 4. The number of carbonyl (C=O) groups excluding carboxylic acids is 4. The second-order valence-corrected chi connectivity index (χ2v) is 28.9. The quantitative estimate of drug-likeness (QED) is 0.0222. The summed E-state index contributed by atoms with van der Waals surface area (Å²) in [5.74, 6) is 0.857. The molecule has 0 rings (SSSR count). The maximum absolute atomic E-state index is 13.0. The highest BCUT2D eigenvalue weighted by atomic mass is 31.2. The molecule has 0 aliphatic heterocycles. The number of hydrogen-bond donors (Lipinski definition) is 3. The minimum Gasteiger partial charge on any atom is -0.462 e. The van der Waals surface area contributed by atoms with Gasteiger partial charge in [0.25, 0.3) is 0 Å². The van der Waals surface area contributed by atoms with E-state index in [1.165, 1.54) is 128 Å². The van der Waals surface area contributed by atoms with Crippen molar-refractivity contribution in [2.45, 2.75) is 350 Å². The lowest BCUT2D eigenvalue weighted by atomic mass is 9.99. The topological polar surface area (TPSA) is 237 Å². The maximum atomic E-state index is 13.0. The molecule has 87 heavy (non-hydrogen) atoms. The van der Waals surface area contributed by atoms with Gasteiger partial charge in [0.05, 0.1) is 26.4 Å². The summed E-state index contributed by atoms with van der Waals surface area (Å²) in [5.41, 5.74) is 0. The molecule has 0 aromatic rings. The average molecular weight is 1280 g/mol. The van der Waals surface area contributed by atoms with Crippen LogP contribution in [0.25, 0.3) is 0 Å². The molecule has 0 fully saturated rings. The second kappa shape index (κ2) is 57.9. The third-order valence-corrected chi connectivity index (χ3v) is 18.2. The van der Waals surface area contributed by atoms with Crippen molar-refractivity contribution in [3.8, 4) is 0 Å². The molecule has 0 radical (unpaired) electrons. The zero-order chi connectivity index (χ0) is 64.7. The van der Waals surface area contributed by atoms with E-state index in [0.29, 0.717) is 25.7 Å². The summed E-state index contributed by atoms with van der Waals surface area (Å²) in [5, 5.41) is 10.6. The summed E-state index contributed by atoms with van der Waals surface area (Å²) in [6, 6.07) is 0. The first-order valence-electron chi connectivity index (χ1n) is 35.3. The fourth-order valence-corrected chi connectivity index (χ4v) is 11.7. The van der Waals surface area contributed by atoms with Gasteiger partial charge in [0.15, 0.2) is 12.2 Å². The van der Waals surface area contributed by atoms with Gasteiger partial charge >= 0.3 is 39.5 Å². The van der Waals surface area contributed by atoms with Crippen molar-refractivity contribution in [3.63, 3.8) is 0 Å². The predicted molar refractivity (Wildman–Crippen MR) is 349 cm³/mol. The second-order valence-electron chi connectivity index (χ2n) is 26.0. The highest BCUT2D eigenvalue weighted by Crippen LogP contribution is 2.45. The highest BCUT2D eigenvalue weighted by Gasteiger charge is 2.30. The molecule has 516 valence electrons. The number of hydrogen-bond acceptors (Lipinski definition) is 15. The van der Waals surface area contributed by atoms with E-state index in [1.807, 2.05) is 0 Å². The van der Waals surface area contributed by atoms with Crippen LogP contribution in [0.1, 0.15) is 331 Å². The Morgan fingerprint density at radius 3 is 0.816 bits per heavy atom. The van der Waals surface area contributed by atoms with Gasteiger partial charge in [-0.2, -0.15) is 0 Å². The van der Waals surface area contributed by atoms with E-state index in [4.69, 9.17) is 37.0 Å². The number of ether oxygens (including phenoxy) is 4. The normalized spacial score (nSPS) is 15.0. The van der Waals surface area contributed by atoms with Gasteiger partial charge in [-0.15, -0.1) is 0 Å². The van der Waals surface area contributed by atoms with Gasteiger partial charge in [-0.25, -0.2) is 9.13 Å². The largest absolute Gasteiger partial charge is 0.472 e. The zero-order valence-corrected chi connectivity index (χ0v) is 58.4. The van der Waals surface area contributed by atoms with Gasteiger partial charge in [0, 0.05) is 25.7 Å². The minimum absolute atomic E-state index is 0.104. The number of rotatable bonds is 65. The molecule has 19 heteroatoms. The molecule has 4 unspecified atom stereocenters. The Morgan fingerprint density at radius 1 is 0.322 bits per heavy atom. The molecule has 0 bridgehead atoms. The number of esters is 4. The first-order chi connectivity index (χ1) is 41.7. The predicted octanol–water partition coefficient (Wildman–Crippen LogP) is 18.9. The molecule has 0 spiro atoms. The van der Waals surface area contributed by atoms with Crippen molar-refractivity contribution in [1.29, 1.82) is 0 Å². The van der Waals surface area contributed by atoms with Crippen molar-refractivity contribution in [2.75, 3.05) is 39.6 Å². The molecule has 0 saturated heterocycles. The maximum Gasteiger partial charge on any atom is 0.472 e.